The number of hydrogen-bond acceptors (Lipinski definition) is 3. The van der Waals surface area contributed by atoms with E-state index in [9.17, 15) is 17.4 Å². The summed E-state index contributed by atoms with van der Waals surface area (Å²) in [5, 5.41) is 0. The summed E-state index contributed by atoms with van der Waals surface area (Å²) >= 11 is 0. The van der Waals surface area contributed by atoms with E-state index < -0.39 is 20.8 Å². The van der Waals surface area contributed by atoms with Gasteiger partial charge in [-0.25, -0.2) is 12.8 Å². The molecule has 0 aliphatic rings. The zero-order chi connectivity index (χ0) is 10.9. The van der Waals surface area contributed by atoms with Crippen LogP contribution in [0.4, 0.5) is 4.39 Å². The molecular weight excluding hydrogens is 207 g/mol. The van der Waals surface area contributed by atoms with Crippen LogP contribution in [-0.2, 0) is 10.1 Å². The Bertz CT molecular complexity index is 437. The standard InChI is InChI=1S/C9H11FO3S/c1-6(2)8-4-3-7(5-9(8)10)14(11,12)13/h3-6H,1-2H3,(H,11,12,13)/p-1. The first kappa shape index (κ1) is 11.1. The fourth-order valence-corrected chi connectivity index (χ4v) is 1.61. The van der Waals surface area contributed by atoms with Gasteiger partial charge in [0.1, 0.15) is 15.9 Å². The van der Waals surface area contributed by atoms with Crippen molar-refractivity contribution >= 4 is 10.1 Å². The molecule has 1 aromatic rings. The van der Waals surface area contributed by atoms with Crippen LogP contribution in [0.3, 0.4) is 0 Å². The van der Waals surface area contributed by atoms with Crippen molar-refractivity contribution < 1.29 is 17.4 Å². The van der Waals surface area contributed by atoms with Gasteiger partial charge in [0.25, 0.3) is 0 Å². The molecule has 0 amide bonds. The third kappa shape index (κ3) is 2.30. The van der Waals surface area contributed by atoms with Crippen molar-refractivity contribution in [2.45, 2.75) is 24.7 Å². The van der Waals surface area contributed by atoms with Crippen LogP contribution in [0.25, 0.3) is 0 Å². The summed E-state index contributed by atoms with van der Waals surface area (Å²) in [6.45, 7) is 3.56. The maximum absolute atomic E-state index is 13.2. The molecule has 0 aliphatic heterocycles. The molecule has 0 N–H and O–H groups in total. The fourth-order valence-electron chi connectivity index (χ4n) is 1.13. The van der Waals surface area contributed by atoms with Crippen molar-refractivity contribution in [2.75, 3.05) is 0 Å². The topological polar surface area (TPSA) is 57.2 Å². The molecule has 0 bridgehead atoms. The van der Waals surface area contributed by atoms with Crippen LogP contribution in [0.1, 0.15) is 25.3 Å². The molecule has 0 spiro atoms. The smallest absolute Gasteiger partial charge is 0.127 e. The summed E-state index contributed by atoms with van der Waals surface area (Å²) in [6.07, 6.45) is 0. The van der Waals surface area contributed by atoms with Gasteiger partial charge in [0.2, 0.25) is 0 Å². The molecule has 78 valence electrons. The molecule has 0 atom stereocenters. The summed E-state index contributed by atoms with van der Waals surface area (Å²) in [7, 11) is -4.56. The molecule has 0 unspecified atom stereocenters. The highest BCUT2D eigenvalue weighted by Gasteiger charge is 2.09. The summed E-state index contributed by atoms with van der Waals surface area (Å²) in [5.74, 6) is -0.699. The van der Waals surface area contributed by atoms with E-state index in [0.717, 1.165) is 12.1 Å². The molecule has 14 heavy (non-hydrogen) atoms. The minimum atomic E-state index is -4.56. The van der Waals surface area contributed by atoms with Gasteiger partial charge in [0.15, 0.2) is 0 Å². The Hall–Kier alpha value is -0.940. The van der Waals surface area contributed by atoms with Gasteiger partial charge in [-0.3, -0.25) is 0 Å². The molecule has 5 heteroatoms. The van der Waals surface area contributed by atoms with Gasteiger partial charge in [-0.05, 0) is 23.6 Å². The lowest BCUT2D eigenvalue weighted by Crippen LogP contribution is -2.01. The molecule has 3 nitrogen and oxygen atoms in total. The Morgan fingerprint density at radius 2 is 1.93 bits per heavy atom. The van der Waals surface area contributed by atoms with E-state index in [1.54, 1.807) is 13.8 Å². The van der Waals surface area contributed by atoms with E-state index in [-0.39, 0.29) is 5.92 Å². The third-order valence-electron chi connectivity index (χ3n) is 1.88. The van der Waals surface area contributed by atoms with Crippen LogP contribution in [0.15, 0.2) is 23.1 Å². The van der Waals surface area contributed by atoms with Gasteiger partial charge in [0, 0.05) is 0 Å². The quantitative estimate of drug-likeness (QED) is 0.710. The second-order valence-electron chi connectivity index (χ2n) is 3.29. The number of hydrogen-bond donors (Lipinski definition) is 0. The maximum Gasteiger partial charge on any atom is 0.127 e. The van der Waals surface area contributed by atoms with E-state index >= 15 is 0 Å². The summed E-state index contributed by atoms with van der Waals surface area (Å²) in [5.41, 5.74) is 0.400. The zero-order valence-electron chi connectivity index (χ0n) is 7.82. The maximum atomic E-state index is 13.2. The first-order chi connectivity index (χ1) is 6.32. The SMILES string of the molecule is CC(C)c1ccc(S(=O)(=O)[O-])cc1F. The van der Waals surface area contributed by atoms with Gasteiger partial charge in [-0.2, -0.15) is 0 Å². The van der Waals surface area contributed by atoms with Crippen LogP contribution in [0, 0.1) is 5.82 Å². The van der Waals surface area contributed by atoms with Crippen LogP contribution < -0.4 is 0 Å². The van der Waals surface area contributed by atoms with Crippen molar-refractivity contribution in [3.8, 4) is 0 Å². The molecule has 0 aromatic heterocycles. The van der Waals surface area contributed by atoms with Gasteiger partial charge >= 0.3 is 0 Å². The van der Waals surface area contributed by atoms with Crippen LogP contribution in [0.2, 0.25) is 0 Å². The molecule has 0 radical (unpaired) electrons. The first-order valence-electron chi connectivity index (χ1n) is 4.07. The van der Waals surface area contributed by atoms with Crippen LogP contribution in [0.5, 0.6) is 0 Å². The molecule has 0 heterocycles. The highest BCUT2D eigenvalue weighted by molar-refractivity contribution is 7.85. The normalized spacial score (nSPS) is 12.1. The molecule has 0 saturated heterocycles. The fraction of sp³-hybridized carbons (Fsp3) is 0.333. The third-order valence-corrected chi connectivity index (χ3v) is 2.71. The minimum absolute atomic E-state index is 0.0431. The summed E-state index contributed by atoms with van der Waals surface area (Å²) in [6, 6.07) is 3.21. The Morgan fingerprint density at radius 1 is 1.36 bits per heavy atom. The predicted octanol–water partition coefficient (Wildman–Crippen LogP) is 1.85. The van der Waals surface area contributed by atoms with Crippen molar-refractivity contribution in [1.82, 2.24) is 0 Å². The Morgan fingerprint density at radius 3 is 2.29 bits per heavy atom. The number of halogens is 1. The molecule has 0 fully saturated rings. The lowest BCUT2D eigenvalue weighted by molar-refractivity contribution is 0.461. The van der Waals surface area contributed by atoms with Gasteiger partial charge in [-0.1, -0.05) is 19.9 Å². The Balaban J connectivity index is 3.27. The average molecular weight is 217 g/mol. The first-order valence-corrected chi connectivity index (χ1v) is 5.48. The number of benzene rings is 1. The number of rotatable bonds is 2. The lowest BCUT2D eigenvalue weighted by Gasteiger charge is -2.10. The largest absolute Gasteiger partial charge is 0.744 e. The zero-order valence-corrected chi connectivity index (χ0v) is 8.64. The summed E-state index contributed by atoms with van der Waals surface area (Å²) < 4.78 is 44.9. The van der Waals surface area contributed by atoms with Crippen molar-refractivity contribution in [1.29, 1.82) is 0 Å². The van der Waals surface area contributed by atoms with Crippen molar-refractivity contribution in [3.05, 3.63) is 29.6 Å². The van der Waals surface area contributed by atoms with E-state index in [1.807, 2.05) is 0 Å². The molecule has 1 aromatic carbocycles. The van der Waals surface area contributed by atoms with Gasteiger partial charge in [0.05, 0.1) is 4.90 Å². The highest BCUT2D eigenvalue weighted by Crippen LogP contribution is 2.21. The molecule has 1 rings (SSSR count). The Kier molecular flexibility index (Phi) is 2.92. The Labute approximate surface area is 82.3 Å². The molecule has 0 saturated carbocycles. The van der Waals surface area contributed by atoms with E-state index in [0.29, 0.717) is 5.56 Å². The van der Waals surface area contributed by atoms with E-state index in [2.05, 4.69) is 0 Å². The minimum Gasteiger partial charge on any atom is -0.744 e. The van der Waals surface area contributed by atoms with Crippen molar-refractivity contribution in [2.24, 2.45) is 0 Å². The van der Waals surface area contributed by atoms with Crippen LogP contribution >= 0.6 is 0 Å². The lowest BCUT2D eigenvalue weighted by atomic mass is 10.0. The second kappa shape index (κ2) is 3.67. The van der Waals surface area contributed by atoms with Crippen LogP contribution in [-0.4, -0.2) is 13.0 Å². The summed E-state index contributed by atoms with van der Waals surface area (Å²) in [4.78, 5) is -0.528. The monoisotopic (exact) mass is 217 g/mol. The van der Waals surface area contributed by atoms with E-state index in [4.69, 9.17) is 0 Å². The predicted molar refractivity (Wildman–Crippen MR) is 48.5 cm³/mol. The molecule has 0 aliphatic carbocycles. The molecular formula is C9H10FO3S-. The van der Waals surface area contributed by atoms with Crippen molar-refractivity contribution in [3.63, 3.8) is 0 Å². The van der Waals surface area contributed by atoms with E-state index in [1.165, 1.54) is 6.07 Å². The second-order valence-corrected chi connectivity index (χ2v) is 4.67. The van der Waals surface area contributed by atoms with Gasteiger partial charge < -0.3 is 4.55 Å². The van der Waals surface area contributed by atoms with Gasteiger partial charge in [-0.15, -0.1) is 0 Å². The average Bonchev–Trinajstić information content (AvgIpc) is 2.01. The highest BCUT2D eigenvalue weighted by atomic mass is 32.2.